The normalized spacial score (nSPS) is 12.0. The number of allylic oxidation sites excluding steroid dienone is 2. The van der Waals surface area contributed by atoms with E-state index < -0.39 is 7.14 Å². The molecule has 0 atom stereocenters. The van der Waals surface area contributed by atoms with Gasteiger partial charge in [-0.3, -0.25) is 4.79 Å². The van der Waals surface area contributed by atoms with Crippen molar-refractivity contribution in [2.75, 3.05) is 0 Å². The maximum atomic E-state index is 14.2. The molecule has 0 bridgehead atoms. The van der Waals surface area contributed by atoms with Gasteiger partial charge in [-0.2, -0.15) is 0 Å². The second-order valence-electron chi connectivity index (χ2n) is 6.10. The quantitative estimate of drug-likeness (QED) is 0.581. The van der Waals surface area contributed by atoms with Crippen LogP contribution in [-0.2, 0) is 4.57 Å². The molecule has 130 valence electrons. The van der Waals surface area contributed by atoms with Gasteiger partial charge in [-0.05, 0) is 25.0 Å². The summed E-state index contributed by atoms with van der Waals surface area (Å²) in [6.07, 6.45) is 1.96. The summed E-state index contributed by atoms with van der Waals surface area (Å²) in [5.41, 5.74) is 1.99. The minimum Gasteiger partial charge on any atom is -0.305 e. The third-order valence-corrected chi connectivity index (χ3v) is 7.40. The fourth-order valence-corrected chi connectivity index (χ4v) is 5.48. The fourth-order valence-electron chi connectivity index (χ4n) is 3.00. The average molecular weight is 360 g/mol. The first kappa shape index (κ1) is 18.1. The molecule has 3 aromatic carbocycles. The van der Waals surface area contributed by atoms with Gasteiger partial charge < -0.3 is 4.57 Å². The number of benzene rings is 3. The summed E-state index contributed by atoms with van der Waals surface area (Å²) in [5, 5.41) is 1.12. The molecule has 0 radical (unpaired) electrons. The lowest BCUT2D eigenvalue weighted by atomic mass is 10.0. The summed E-state index contributed by atoms with van der Waals surface area (Å²) in [4.78, 5) is 13.6. The Bertz CT molecular complexity index is 945. The van der Waals surface area contributed by atoms with Gasteiger partial charge in [0.15, 0.2) is 0 Å². The zero-order valence-electron chi connectivity index (χ0n) is 14.9. The van der Waals surface area contributed by atoms with Gasteiger partial charge >= 0.3 is 0 Å². The molecule has 0 unspecified atom stereocenters. The Hall–Kier alpha value is -2.70. The smallest absolute Gasteiger partial charge is 0.230 e. The van der Waals surface area contributed by atoms with Crippen LogP contribution in [0.3, 0.4) is 0 Å². The molecule has 0 N–H and O–H groups in total. The van der Waals surface area contributed by atoms with Gasteiger partial charge in [0.25, 0.3) is 0 Å². The number of hydrogen-bond donors (Lipinski definition) is 0. The summed E-state index contributed by atoms with van der Waals surface area (Å²) in [5.74, 6) is 0. The van der Waals surface area contributed by atoms with Gasteiger partial charge in [-0.15, -0.1) is 0 Å². The fraction of sp³-hybridized carbons (Fsp3) is 0.0870. The average Bonchev–Trinajstić information content (AvgIpc) is 2.73. The van der Waals surface area contributed by atoms with Crippen molar-refractivity contribution in [2.45, 2.75) is 13.8 Å². The molecule has 0 aliphatic heterocycles. The van der Waals surface area contributed by atoms with E-state index in [4.69, 9.17) is 0 Å². The van der Waals surface area contributed by atoms with E-state index in [1.807, 2.05) is 74.5 Å². The standard InChI is InChI=1S/C23H21O2P/c1-3-18(2)21-16-10-11-17-22(21)23(24)26(25,19-12-6-4-7-13-19)20-14-8-5-9-15-20/h3-17H,1-2H3. The maximum Gasteiger partial charge on any atom is 0.230 e. The van der Waals surface area contributed by atoms with E-state index in [0.29, 0.717) is 16.2 Å². The SMILES string of the molecule is CC=C(C)c1ccccc1C(=O)P(=O)(c1ccccc1)c1ccccc1. The van der Waals surface area contributed by atoms with E-state index in [-0.39, 0.29) is 5.52 Å². The van der Waals surface area contributed by atoms with Crippen LogP contribution < -0.4 is 10.6 Å². The first-order valence-electron chi connectivity index (χ1n) is 8.57. The van der Waals surface area contributed by atoms with E-state index in [0.717, 1.165) is 11.1 Å². The summed E-state index contributed by atoms with van der Waals surface area (Å²) in [6.45, 7) is 3.90. The first-order chi connectivity index (χ1) is 12.6. The van der Waals surface area contributed by atoms with Crippen LogP contribution in [0.2, 0.25) is 0 Å². The summed E-state index contributed by atoms with van der Waals surface area (Å²) in [7, 11) is -3.48. The molecule has 0 aromatic heterocycles. The van der Waals surface area contributed by atoms with Crippen LogP contribution in [0.4, 0.5) is 0 Å². The van der Waals surface area contributed by atoms with Crippen molar-refractivity contribution in [3.05, 3.63) is 102 Å². The molecule has 0 fully saturated rings. The third-order valence-electron chi connectivity index (χ3n) is 4.54. The predicted octanol–water partition coefficient (Wildman–Crippen LogP) is 5.26. The lowest BCUT2D eigenvalue weighted by Crippen LogP contribution is -2.23. The Kier molecular flexibility index (Phi) is 5.35. The van der Waals surface area contributed by atoms with Crippen molar-refractivity contribution in [3.63, 3.8) is 0 Å². The molecule has 0 saturated carbocycles. The first-order valence-corrected chi connectivity index (χ1v) is 10.3. The second-order valence-corrected chi connectivity index (χ2v) is 8.76. The Labute approximate surface area is 154 Å². The zero-order valence-corrected chi connectivity index (χ0v) is 15.8. The number of rotatable bonds is 5. The Morgan fingerprint density at radius 2 is 1.15 bits per heavy atom. The molecule has 0 spiro atoms. The van der Waals surface area contributed by atoms with Gasteiger partial charge in [0, 0.05) is 16.2 Å². The van der Waals surface area contributed by atoms with Gasteiger partial charge in [-0.1, -0.05) is 91.0 Å². The van der Waals surface area contributed by atoms with Crippen LogP contribution in [0.15, 0.2) is 91.0 Å². The van der Waals surface area contributed by atoms with Gasteiger partial charge in [-0.25, -0.2) is 0 Å². The van der Waals surface area contributed by atoms with Crippen molar-refractivity contribution in [1.82, 2.24) is 0 Å². The Morgan fingerprint density at radius 1 is 0.731 bits per heavy atom. The van der Waals surface area contributed by atoms with Gasteiger partial charge in [0.05, 0.1) is 0 Å². The molecule has 3 rings (SSSR count). The molecule has 0 amide bonds. The molecule has 3 aromatic rings. The molecular weight excluding hydrogens is 339 g/mol. The van der Waals surface area contributed by atoms with E-state index in [9.17, 15) is 9.36 Å². The highest BCUT2D eigenvalue weighted by atomic mass is 31.2. The van der Waals surface area contributed by atoms with Crippen molar-refractivity contribution in [1.29, 1.82) is 0 Å². The number of carbonyl (C=O) groups is 1. The number of carbonyl (C=O) groups excluding carboxylic acids is 1. The molecule has 0 aliphatic rings. The van der Waals surface area contributed by atoms with Crippen LogP contribution in [0, 0.1) is 0 Å². The highest BCUT2D eigenvalue weighted by Crippen LogP contribution is 2.47. The molecule has 0 saturated heterocycles. The largest absolute Gasteiger partial charge is 0.305 e. The van der Waals surface area contributed by atoms with Crippen LogP contribution in [0.5, 0.6) is 0 Å². The van der Waals surface area contributed by atoms with Crippen LogP contribution in [-0.4, -0.2) is 5.52 Å². The van der Waals surface area contributed by atoms with Crippen LogP contribution in [0.1, 0.15) is 29.8 Å². The molecule has 3 heteroatoms. The molecule has 2 nitrogen and oxygen atoms in total. The Balaban J connectivity index is 2.26. The van der Waals surface area contributed by atoms with Gasteiger partial charge in [0.2, 0.25) is 12.7 Å². The highest BCUT2D eigenvalue weighted by molar-refractivity contribution is 7.93. The van der Waals surface area contributed by atoms with Crippen LogP contribution >= 0.6 is 7.14 Å². The lowest BCUT2D eigenvalue weighted by molar-refractivity contribution is 0.107. The van der Waals surface area contributed by atoms with E-state index in [2.05, 4.69) is 0 Å². The topological polar surface area (TPSA) is 34.1 Å². The van der Waals surface area contributed by atoms with Crippen molar-refractivity contribution >= 4 is 28.8 Å². The molecular formula is C23H21O2P. The molecule has 0 aliphatic carbocycles. The summed E-state index contributed by atoms with van der Waals surface area (Å²) < 4.78 is 14.2. The van der Waals surface area contributed by atoms with E-state index in [1.165, 1.54) is 0 Å². The third kappa shape index (κ3) is 3.21. The van der Waals surface area contributed by atoms with E-state index in [1.54, 1.807) is 30.3 Å². The van der Waals surface area contributed by atoms with Gasteiger partial charge in [0.1, 0.15) is 0 Å². The predicted molar refractivity (Wildman–Crippen MR) is 110 cm³/mol. The molecule has 26 heavy (non-hydrogen) atoms. The lowest BCUT2D eigenvalue weighted by Gasteiger charge is -2.20. The maximum absolute atomic E-state index is 14.2. The zero-order chi connectivity index (χ0) is 18.6. The minimum absolute atomic E-state index is 0.327. The summed E-state index contributed by atoms with van der Waals surface area (Å²) in [6, 6.07) is 25.5. The second kappa shape index (κ2) is 7.68. The van der Waals surface area contributed by atoms with Crippen LogP contribution in [0.25, 0.3) is 5.57 Å². The highest BCUT2D eigenvalue weighted by Gasteiger charge is 2.37. The minimum atomic E-state index is -3.48. The van der Waals surface area contributed by atoms with Crippen molar-refractivity contribution in [3.8, 4) is 0 Å². The molecule has 0 heterocycles. The number of hydrogen-bond acceptors (Lipinski definition) is 2. The summed E-state index contributed by atoms with van der Waals surface area (Å²) >= 11 is 0. The van der Waals surface area contributed by atoms with E-state index >= 15 is 0 Å². The van der Waals surface area contributed by atoms with Crippen molar-refractivity contribution in [2.24, 2.45) is 0 Å². The Morgan fingerprint density at radius 3 is 1.62 bits per heavy atom. The van der Waals surface area contributed by atoms with Crippen molar-refractivity contribution < 1.29 is 9.36 Å². The monoisotopic (exact) mass is 360 g/mol.